The highest BCUT2D eigenvalue weighted by Crippen LogP contribution is 2.26. The summed E-state index contributed by atoms with van der Waals surface area (Å²) >= 11 is 5.94. The first-order chi connectivity index (χ1) is 14.6. The Kier molecular flexibility index (Phi) is 7.49. The van der Waals surface area contributed by atoms with Gasteiger partial charge in [-0.15, -0.1) is 5.10 Å². The van der Waals surface area contributed by atoms with Gasteiger partial charge in [0.25, 0.3) is 0 Å². The minimum atomic E-state index is -0.485. The Morgan fingerprint density at radius 1 is 1.23 bits per heavy atom. The predicted molar refractivity (Wildman–Crippen MR) is 119 cm³/mol. The van der Waals surface area contributed by atoms with E-state index in [1.807, 2.05) is 52.0 Å². The molecule has 0 unspecified atom stereocenters. The van der Waals surface area contributed by atoms with Crippen molar-refractivity contribution >= 4 is 23.3 Å². The zero-order valence-corrected chi connectivity index (χ0v) is 19.4. The van der Waals surface area contributed by atoms with E-state index < -0.39 is 6.04 Å². The Bertz CT molecular complexity index is 904. The molecule has 2 aromatic rings. The Morgan fingerprint density at radius 2 is 1.94 bits per heavy atom. The molecule has 0 bridgehead atoms. The van der Waals surface area contributed by atoms with Gasteiger partial charge in [0.15, 0.2) is 5.78 Å². The molecule has 1 aliphatic rings. The van der Waals surface area contributed by atoms with Gasteiger partial charge in [0, 0.05) is 30.6 Å². The van der Waals surface area contributed by atoms with E-state index in [9.17, 15) is 9.59 Å². The van der Waals surface area contributed by atoms with Crippen LogP contribution in [0.2, 0.25) is 5.02 Å². The van der Waals surface area contributed by atoms with E-state index in [0.717, 1.165) is 17.7 Å². The lowest BCUT2D eigenvalue weighted by molar-refractivity contribution is -0.138. The van der Waals surface area contributed by atoms with Gasteiger partial charge in [0.2, 0.25) is 5.91 Å². The highest BCUT2D eigenvalue weighted by molar-refractivity contribution is 6.30. The number of carbonyl (C=O) groups excluding carboxylic acids is 2. The van der Waals surface area contributed by atoms with Crippen molar-refractivity contribution in [3.05, 3.63) is 46.7 Å². The number of aryl methyl sites for hydroxylation is 2. The summed E-state index contributed by atoms with van der Waals surface area (Å²) in [5.41, 5.74) is 1.53. The van der Waals surface area contributed by atoms with Crippen molar-refractivity contribution in [2.24, 2.45) is 0 Å². The molecule has 1 aromatic carbocycles. The highest BCUT2D eigenvalue weighted by Gasteiger charge is 2.40. The van der Waals surface area contributed by atoms with E-state index in [-0.39, 0.29) is 29.9 Å². The fraction of sp³-hybridized carbons (Fsp3) is 0.565. The third-order valence-corrected chi connectivity index (χ3v) is 5.55. The maximum Gasteiger partial charge on any atom is 0.245 e. The lowest BCUT2D eigenvalue weighted by atomic mass is 10.0. The van der Waals surface area contributed by atoms with Gasteiger partial charge in [-0.1, -0.05) is 35.9 Å². The Balaban J connectivity index is 1.69. The van der Waals surface area contributed by atoms with Crippen molar-refractivity contribution in [1.82, 2.24) is 19.9 Å². The lowest BCUT2D eigenvalue weighted by Gasteiger charge is -2.25. The molecule has 31 heavy (non-hydrogen) atoms. The van der Waals surface area contributed by atoms with Gasteiger partial charge in [-0.3, -0.25) is 9.59 Å². The molecule has 0 saturated carbocycles. The number of carbonyl (C=O) groups is 2. The van der Waals surface area contributed by atoms with Gasteiger partial charge in [0.05, 0.1) is 23.4 Å². The molecule has 168 valence electrons. The van der Waals surface area contributed by atoms with Gasteiger partial charge in [-0.25, -0.2) is 4.68 Å². The van der Waals surface area contributed by atoms with Gasteiger partial charge in [-0.05, 0) is 51.3 Å². The van der Waals surface area contributed by atoms with Crippen LogP contribution in [0.5, 0.6) is 0 Å². The van der Waals surface area contributed by atoms with Gasteiger partial charge < -0.3 is 9.64 Å². The normalized spacial score (nSPS) is 19.1. The zero-order valence-electron chi connectivity index (χ0n) is 18.7. The van der Waals surface area contributed by atoms with E-state index in [1.54, 1.807) is 11.1 Å². The van der Waals surface area contributed by atoms with Crippen molar-refractivity contribution < 1.29 is 14.3 Å². The molecule has 2 atom stereocenters. The monoisotopic (exact) mass is 446 g/mol. The SMILES string of the molecule is CCc1cn(CC(=O)N2C[C@H](OC(C)(C)C)C[C@H]2C(=O)CCc2ccc(Cl)cc2)nn1. The summed E-state index contributed by atoms with van der Waals surface area (Å²) in [6, 6.07) is 7.01. The predicted octanol–water partition coefficient (Wildman–Crippen LogP) is 3.48. The van der Waals surface area contributed by atoms with Crippen LogP contribution in [-0.4, -0.2) is 55.9 Å². The second-order valence-corrected chi connectivity index (χ2v) is 9.44. The van der Waals surface area contributed by atoms with E-state index in [4.69, 9.17) is 16.3 Å². The van der Waals surface area contributed by atoms with Crippen molar-refractivity contribution in [2.75, 3.05) is 6.54 Å². The van der Waals surface area contributed by atoms with Crippen LogP contribution in [0.4, 0.5) is 0 Å². The van der Waals surface area contributed by atoms with Crippen LogP contribution in [0, 0.1) is 0 Å². The molecule has 8 heteroatoms. The molecule has 1 saturated heterocycles. The number of aromatic nitrogens is 3. The molecule has 3 rings (SSSR count). The summed E-state index contributed by atoms with van der Waals surface area (Å²) in [7, 11) is 0. The largest absolute Gasteiger partial charge is 0.371 e. The molecule has 2 heterocycles. The van der Waals surface area contributed by atoms with Gasteiger partial charge in [-0.2, -0.15) is 0 Å². The summed E-state index contributed by atoms with van der Waals surface area (Å²) in [5, 5.41) is 8.73. The Morgan fingerprint density at radius 3 is 2.55 bits per heavy atom. The quantitative estimate of drug-likeness (QED) is 0.620. The van der Waals surface area contributed by atoms with E-state index in [2.05, 4.69) is 10.3 Å². The first-order valence-electron chi connectivity index (χ1n) is 10.8. The van der Waals surface area contributed by atoms with Crippen LogP contribution in [0.25, 0.3) is 0 Å². The Labute approximate surface area is 188 Å². The number of hydrogen-bond acceptors (Lipinski definition) is 5. The number of rotatable bonds is 8. The molecule has 1 aliphatic heterocycles. The minimum Gasteiger partial charge on any atom is -0.371 e. The third-order valence-electron chi connectivity index (χ3n) is 5.29. The smallest absolute Gasteiger partial charge is 0.245 e. The molecule has 1 aromatic heterocycles. The summed E-state index contributed by atoms with van der Waals surface area (Å²) in [6.45, 7) is 8.41. The number of benzene rings is 1. The number of hydrogen-bond donors (Lipinski definition) is 0. The minimum absolute atomic E-state index is 0.0520. The third kappa shape index (κ3) is 6.61. The second kappa shape index (κ2) is 9.92. The van der Waals surface area contributed by atoms with E-state index in [1.165, 1.54) is 4.68 Å². The van der Waals surface area contributed by atoms with Crippen LogP contribution in [-0.2, 0) is 33.7 Å². The van der Waals surface area contributed by atoms with Crippen molar-refractivity contribution in [1.29, 1.82) is 0 Å². The Hall–Kier alpha value is -2.25. The van der Waals surface area contributed by atoms with Crippen molar-refractivity contribution in [2.45, 2.75) is 77.7 Å². The van der Waals surface area contributed by atoms with Crippen LogP contribution in [0.15, 0.2) is 30.5 Å². The first kappa shape index (κ1) is 23.4. The molecule has 0 aliphatic carbocycles. The number of Topliss-reactive ketones (excluding diaryl/α,β-unsaturated/α-hetero) is 1. The number of nitrogens with zero attached hydrogens (tertiary/aromatic N) is 4. The van der Waals surface area contributed by atoms with Crippen LogP contribution >= 0.6 is 11.6 Å². The van der Waals surface area contributed by atoms with E-state index in [0.29, 0.717) is 30.8 Å². The van der Waals surface area contributed by atoms with E-state index >= 15 is 0 Å². The van der Waals surface area contributed by atoms with Crippen LogP contribution in [0.1, 0.15) is 51.8 Å². The second-order valence-electron chi connectivity index (χ2n) is 9.00. The zero-order chi connectivity index (χ0) is 22.6. The summed E-state index contributed by atoms with van der Waals surface area (Å²) < 4.78 is 7.65. The van der Waals surface area contributed by atoms with Crippen LogP contribution < -0.4 is 0 Å². The van der Waals surface area contributed by atoms with Gasteiger partial charge in [0.1, 0.15) is 6.54 Å². The lowest BCUT2D eigenvalue weighted by Crippen LogP contribution is -2.42. The van der Waals surface area contributed by atoms with Crippen molar-refractivity contribution in [3.8, 4) is 0 Å². The fourth-order valence-electron chi connectivity index (χ4n) is 3.86. The number of halogens is 1. The molecular formula is C23H31ClN4O3. The maximum atomic E-state index is 13.1. The first-order valence-corrected chi connectivity index (χ1v) is 11.2. The average Bonchev–Trinajstić information content (AvgIpc) is 3.33. The number of ketones is 1. The molecule has 0 N–H and O–H groups in total. The van der Waals surface area contributed by atoms with Gasteiger partial charge >= 0.3 is 0 Å². The molecular weight excluding hydrogens is 416 g/mol. The molecule has 0 spiro atoms. The standard InChI is InChI=1S/C23H31ClN4O3/c1-5-18-13-27(26-25-18)15-22(30)28-14-19(31-23(2,3)4)12-20(28)21(29)11-8-16-6-9-17(24)10-7-16/h6-7,9-10,13,19-20H,5,8,11-12,14-15H2,1-4H3/t19-,20+/m1/s1. The number of amides is 1. The number of ether oxygens (including phenoxy) is 1. The van der Waals surface area contributed by atoms with Crippen LogP contribution in [0.3, 0.4) is 0 Å². The highest BCUT2D eigenvalue weighted by atomic mass is 35.5. The average molecular weight is 447 g/mol. The maximum absolute atomic E-state index is 13.1. The topological polar surface area (TPSA) is 77.3 Å². The molecule has 1 fully saturated rings. The summed E-state index contributed by atoms with van der Waals surface area (Å²) in [5.74, 6) is -0.0893. The summed E-state index contributed by atoms with van der Waals surface area (Å²) in [4.78, 5) is 27.8. The molecule has 7 nitrogen and oxygen atoms in total. The fourth-order valence-corrected chi connectivity index (χ4v) is 3.98. The molecule has 0 radical (unpaired) electrons. The summed E-state index contributed by atoms with van der Waals surface area (Å²) in [6.07, 6.45) is 3.85. The molecule has 1 amide bonds. The number of likely N-dealkylation sites (tertiary alicyclic amines) is 1. The van der Waals surface area contributed by atoms with Crippen molar-refractivity contribution in [3.63, 3.8) is 0 Å².